The van der Waals surface area contributed by atoms with Gasteiger partial charge in [-0.05, 0) is 37.6 Å². The fourth-order valence-corrected chi connectivity index (χ4v) is 4.66. The molecule has 3 saturated heterocycles. The number of amides is 2. The summed E-state index contributed by atoms with van der Waals surface area (Å²) in [5.74, 6) is -1.93. The van der Waals surface area contributed by atoms with E-state index in [4.69, 9.17) is 0 Å². The summed E-state index contributed by atoms with van der Waals surface area (Å²) in [5.41, 5.74) is 0. The maximum Gasteiger partial charge on any atom is 0.451 e. The SMILES string of the molecule is O=C(NC[C@H]1[C@@H]2CNC[C@H](C2)[C@@H]2CCCC(=O)N21)c1n[nH]c(C(F)(F)F)n1. The maximum atomic E-state index is 12.6. The number of aromatic amines is 1. The van der Waals surface area contributed by atoms with E-state index in [0.717, 1.165) is 32.4 Å². The van der Waals surface area contributed by atoms with Crippen molar-refractivity contribution in [2.45, 2.75) is 43.9 Å². The number of halogens is 3. The van der Waals surface area contributed by atoms with E-state index in [1.165, 1.54) is 0 Å². The van der Waals surface area contributed by atoms with E-state index in [1.807, 2.05) is 4.90 Å². The Morgan fingerprint density at radius 2 is 2.07 bits per heavy atom. The van der Waals surface area contributed by atoms with E-state index in [0.29, 0.717) is 12.3 Å². The molecule has 27 heavy (non-hydrogen) atoms. The molecular formula is C16H21F3N6O2. The topological polar surface area (TPSA) is 103 Å². The lowest BCUT2D eigenvalue weighted by Gasteiger charge is -2.54. The molecule has 8 nitrogen and oxygen atoms in total. The van der Waals surface area contributed by atoms with Gasteiger partial charge in [0.15, 0.2) is 0 Å². The van der Waals surface area contributed by atoms with Gasteiger partial charge in [-0.1, -0.05) is 0 Å². The summed E-state index contributed by atoms with van der Waals surface area (Å²) in [6, 6.07) is -0.00521. The molecule has 3 fully saturated rings. The van der Waals surface area contributed by atoms with Gasteiger partial charge in [-0.15, -0.1) is 5.10 Å². The zero-order valence-corrected chi connectivity index (χ0v) is 14.6. The van der Waals surface area contributed by atoms with Gasteiger partial charge in [-0.25, -0.2) is 0 Å². The molecule has 4 heterocycles. The number of nitrogens with zero attached hydrogens (tertiary/aromatic N) is 3. The Hall–Kier alpha value is -2.17. The molecule has 2 amide bonds. The molecule has 0 saturated carbocycles. The predicted octanol–water partition coefficient (Wildman–Crippen LogP) is 0.542. The van der Waals surface area contributed by atoms with Gasteiger partial charge in [0.25, 0.3) is 5.91 Å². The standard InChI is InChI=1S/C16H21F3N6O2/c17-16(18,19)15-22-13(23-24-15)14(27)21-7-11-9-4-8(5-20-6-9)10-2-1-3-12(26)25(10)11/h8-11,20H,1-7H2,(H,21,27)(H,22,23,24)/t8-,9-,10-,11-/m0/s1. The van der Waals surface area contributed by atoms with Crippen LogP contribution in [-0.4, -0.2) is 63.6 Å². The normalized spacial score (nSPS) is 30.8. The van der Waals surface area contributed by atoms with Crippen LogP contribution in [0.1, 0.15) is 42.1 Å². The highest BCUT2D eigenvalue weighted by Gasteiger charge is 2.47. The summed E-state index contributed by atoms with van der Waals surface area (Å²) in [5, 5.41) is 11.1. The lowest BCUT2D eigenvalue weighted by Crippen LogP contribution is -2.66. The van der Waals surface area contributed by atoms with Gasteiger partial charge in [0.1, 0.15) is 0 Å². The summed E-state index contributed by atoms with van der Waals surface area (Å²) in [4.78, 5) is 29.9. The van der Waals surface area contributed by atoms with E-state index >= 15 is 0 Å². The van der Waals surface area contributed by atoms with Gasteiger partial charge in [0, 0.05) is 25.6 Å². The van der Waals surface area contributed by atoms with E-state index in [2.05, 4.69) is 20.7 Å². The summed E-state index contributed by atoms with van der Waals surface area (Å²) in [6.45, 7) is 1.82. The number of aromatic nitrogens is 3. The molecule has 1 aromatic heterocycles. The van der Waals surface area contributed by atoms with Crippen LogP contribution in [0.5, 0.6) is 0 Å². The molecule has 148 valence electrons. The van der Waals surface area contributed by atoms with Gasteiger partial charge in [0.05, 0.1) is 6.04 Å². The highest BCUT2D eigenvalue weighted by molar-refractivity contribution is 5.90. The fraction of sp³-hybridized carbons (Fsp3) is 0.750. The van der Waals surface area contributed by atoms with Gasteiger partial charge < -0.3 is 15.5 Å². The molecule has 0 unspecified atom stereocenters. The van der Waals surface area contributed by atoms with Crippen molar-refractivity contribution in [3.8, 4) is 0 Å². The molecule has 1 aromatic rings. The third-order valence-electron chi connectivity index (χ3n) is 5.83. The molecule has 11 heteroatoms. The number of hydrogen-bond donors (Lipinski definition) is 3. The molecule has 0 radical (unpaired) electrons. The first-order valence-electron chi connectivity index (χ1n) is 9.14. The van der Waals surface area contributed by atoms with Crippen molar-refractivity contribution in [3.63, 3.8) is 0 Å². The minimum Gasteiger partial charge on any atom is -0.347 e. The third kappa shape index (κ3) is 3.40. The Morgan fingerprint density at radius 1 is 1.30 bits per heavy atom. The minimum atomic E-state index is -4.69. The third-order valence-corrected chi connectivity index (χ3v) is 5.83. The summed E-state index contributed by atoms with van der Waals surface area (Å²) >= 11 is 0. The molecule has 0 aromatic carbocycles. The van der Waals surface area contributed by atoms with Crippen LogP contribution in [0.4, 0.5) is 13.2 Å². The van der Waals surface area contributed by atoms with Crippen molar-refractivity contribution in [1.82, 2.24) is 30.7 Å². The lowest BCUT2D eigenvalue weighted by atomic mass is 9.72. The molecular weight excluding hydrogens is 365 g/mol. The highest BCUT2D eigenvalue weighted by atomic mass is 19.4. The Kier molecular flexibility index (Phi) is 4.57. The van der Waals surface area contributed by atoms with Crippen LogP contribution in [0, 0.1) is 11.8 Å². The Morgan fingerprint density at radius 3 is 2.81 bits per heavy atom. The van der Waals surface area contributed by atoms with Crippen LogP contribution >= 0.6 is 0 Å². The highest BCUT2D eigenvalue weighted by Crippen LogP contribution is 2.39. The largest absolute Gasteiger partial charge is 0.451 e. The molecule has 2 bridgehead atoms. The number of alkyl halides is 3. The Bertz CT molecular complexity index is 736. The molecule has 0 spiro atoms. The van der Waals surface area contributed by atoms with Crippen LogP contribution in [-0.2, 0) is 11.0 Å². The first kappa shape index (κ1) is 18.2. The van der Waals surface area contributed by atoms with Crippen LogP contribution in [0.15, 0.2) is 0 Å². The second-order valence-corrected chi connectivity index (χ2v) is 7.46. The first-order chi connectivity index (χ1) is 12.8. The molecule has 3 aliphatic rings. The van der Waals surface area contributed by atoms with E-state index in [1.54, 1.807) is 5.10 Å². The van der Waals surface area contributed by atoms with Crippen molar-refractivity contribution in [3.05, 3.63) is 11.6 Å². The van der Waals surface area contributed by atoms with Crippen LogP contribution < -0.4 is 10.6 Å². The molecule has 3 aliphatic heterocycles. The van der Waals surface area contributed by atoms with Crippen molar-refractivity contribution < 1.29 is 22.8 Å². The van der Waals surface area contributed by atoms with Crippen molar-refractivity contribution >= 4 is 11.8 Å². The number of piperidine rings is 3. The second-order valence-electron chi connectivity index (χ2n) is 7.46. The number of H-pyrrole nitrogens is 1. The van der Waals surface area contributed by atoms with E-state index < -0.39 is 23.7 Å². The number of carbonyl (C=O) groups is 2. The fourth-order valence-electron chi connectivity index (χ4n) is 4.66. The monoisotopic (exact) mass is 386 g/mol. The van der Waals surface area contributed by atoms with E-state index in [9.17, 15) is 22.8 Å². The number of hydrogen-bond acceptors (Lipinski definition) is 5. The second kappa shape index (κ2) is 6.77. The Labute approximate surface area is 153 Å². The van der Waals surface area contributed by atoms with Crippen LogP contribution in [0.3, 0.4) is 0 Å². The zero-order chi connectivity index (χ0) is 19.2. The van der Waals surface area contributed by atoms with Crippen LogP contribution in [0.2, 0.25) is 0 Å². The Balaban J connectivity index is 1.46. The average molecular weight is 386 g/mol. The van der Waals surface area contributed by atoms with Gasteiger partial charge in [-0.2, -0.15) is 18.2 Å². The summed E-state index contributed by atoms with van der Waals surface area (Å²) in [6.07, 6.45) is -1.38. The molecule has 4 atom stereocenters. The van der Waals surface area contributed by atoms with Gasteiger partial charge in [-0.3, -0.25) is 14.7 Å². The number of fused-ring (bicyclic) bond motifs is 4. The number of carbonyl (C=O) groups excluding carboxylic acids is 2. The molecule has 3 N–H and O–H groups in total. The zero-order valence-electron chi connectivity index (χ0n) is 14.6. The summed E-state index contributed by atoms with van der Waals surface area (Å²) < 4.78 is 37.8. The van der Waals surface area contributed by atoms with Crippen molar-refractivity contribution in [2.75, 3.05) is 19.6 Å². The van der Waals surface area contributed by atoms with Gasteiger partial charge in [0.2, 0.25) is 17.6 Å². The minimum absolute atomic E-state index is 0.0966. The summed E-state index contributed by atoms with van der Waals surface area (Å²) in [7, 11) is 0. The van der Waals surface area contributed by atoms with Crippen LogP contribution in [0.25, 0.3) is 0 Å². The van der Waals surface area contributed by atoms with Crippen molar-refractivity contribution in [2.24, 2.45) is 11.8 Å². The number of nitrogens with one attached hydrogen (secondary N) is 3. The smallest absolute Gasteiger partial charge is 0.347 e. The van der Waals surface area contributed by atoms with E-state index in [-0.39, 0.29) is 30.5 Å². The lowest BCUT2D eigenvalue weighted by molar-refractivity contribution is -0.149. The number of rotatable bonds is 3. The predicted molar refractivity (Wildman–Crippen MR) is 86.5 cm³/mol. The van der Waals surface area contributed by atoms with Crippen molar-refractivity contribution in [1.29, 1.82) is 0 Å². The van der Waals surface area contributed by atoms with Gasteiger partial charge >= 0.3 is 6.18 Å². The maximum absolute atomic E-state index is 12.6. The molecule has 4 rings (SSSR count). The average Bonchev–Trinajstić information content (AvgIpc) is 3.13. The molecule has 0 aliphatic carbocycles. The first-order valence-corrected chi connectivity index (χ1v) is 9.14. The quantitative estimate of drug-likeness (QED) is 0.704.